The van der Waals surface area contributed by atoms with Crippen LogP contribution < -0.4 is 11.1 Å². The maximum atomic E-state index is 11.5. The predicted octanol–water partition coefficient (Wildman–Crippen LogP) is 0.505. The summed E-state index contributed by atoms with van der Waals surface area (Å²) >= 11 is 0. The van der Waals surface area contributed by atoms with Crippen molar-refractivity contribution in [2.24, 2.45) is 11.1 Å². The molecule has 0 saturated heterocycles. The van der Waals surface area contributed by atoms with Crippen molar-refractivity contribution in [3.8, 4) is 0 Å². The Balaban J connectivity index is 4.59. The number of hydrogen-bond donors (Lipinski definition) is 3. The van der Waals surface area contributed by atoms with Crippen LogP contribution in [-0.2, 0) is 9.59 Å². The van der Waals surface area contributed by atoms with Gasteiger partial charge in [0.25, 0.3) is 0 Å². The maximum Gasteiger partial charge on any atom is 0.326 e. The van der Waals surface area contributed by atoms with E-state index >= 15 is 0 Å². The number of carboxylic acids is 1. The zero-order valence-corrected chi connectivity index (χ0v) is 9.99. The normalized spacial score (nSPS) is 15.0. The topological polar surface area (TPSA) is 92.4 Å². The lowest BCUT2D eigenvalue weighted by Crippen LogP contribution is -2.53. The van der Waals surface area contributed by atoms with Crippen LogP contribution in [-0.4, -0.2) is 29.1 Å². The average molecular weight is 228 g/mol. The minimum Gasteiger partial charge on any atom is -0.480 e. The van der Waals surface area contributed by atoms with Crippen LogP contribution in [0.1, 0.15) is 27.2 Å². The molecule has 2 atom stereocenters. The fraction of sp³-hybridized carbons (Fsp3) is 0.636. The van der Waals surface area contributed by atoms with E-state index in [-0.39, 0.29) is 0 Å². The molecule has 0 fully saturated rings. The fourth-order valence-corrected chi connectivity index (χ4v) is 1.18. The van der Waals surface area contributed by atoms with Gasteiger partial charge in [-0.2, -0.15) is 0 Å². The van der Waals surface area contributed by atoms with E-state index in [2.05, 4.69) is 11.9 Å². The van der Waals surface area contributed by atoms with E-state index in [0.29, 0.717) is 6.42 Å². The van der Waals surface area contributed by atoms with Crippen LogP contribution in [0.2, 0.25) is 0 Å². The molecular formula is C11H20N2O3. The van der Waals surface area contributed by atoms with Crippen LogP contribution in [0.5, 0.6) is 0 Å². The minimum absolute atomic E-state index is 0.322. The predicted molar refractivity (Wildman–Crippen MR) is 61.8 cm³/mol. The fourth-order valence-electron chi connectivity index (χ4n) is 1.18. The minimum atomic E-state index is -1.06. The molecule has 4 N–H and O–H groups in total. The molecule has 0 saturated carbocycles. The molecule has 0 spiro atoms. The van der Waals surface area contributed by atoms with E-state index in [4.69, 9.17) is 10.8 Å². The molecule has 0 aliphatic rings. The molecule has 0 radical (unpaired) electrons. The summed E-state index contributed by atoms with van der Waals surface area (Å²) in [6.45, 7) is 8.69. The van der Waals surface area contributed by atoms with Crippen LogP contribution in [0, 0.1) is 5.41 Å². The van der Waals surface area contributed by atoms with E-state index in [9.17, 15) is 9.59 Å². The van der Waals surface area contributed by atoms with Gasteiger partial charge in [-0.05, 0) is 11.8 Å². The zero-order chi connectivity index (χ0) is 12.9. The first-order chi connectivity index (χ1) is 7.20. The Labute approximate surface area is 95.7 Å². The first-order valence-electron chi connectivity index (χ1n) is 5.09. The van der Waals surface area contributed by atoms with Crippen molar-refractivity contribution in [1.29, 1.82) is 0 Å². The van der Waals surface area contributed by atoms with Gasteiger partial charge >= 0.3 is 5.97 Å². The molecule has 16 heavy (non-hydrogen) atoms. The molecule has 0 heterocycles. The first-order valence-corrected chi connectivity index (χ1v) is 5.09. The Morgan fingerprint density at radius 3 is 2.31 bits per heavy atom. The Bertz CT molecular complexity index is 281. The molecule has 1 unspecified atom stereocenters. The maximum absolute atomic E-state index is 11.5. The first kappa shape index (κ1) is 14.6. The molecule has 0 aromatic heterocycles. The van der Waals surface area contributed by atoms with Crippen LogP contribution >= 0.6 is 0 Å². The summed E-state index contributed by atoms with van der Waals surface area (Å²) in [5.74, 6) is -1.53. The molecule has 5 nitrogen and oxygen atoms in total. The molecule has 0 aliphatic carbocycles. The molecule has 1 amide bonds. The third-order valence-corrected chi connectivity index (χ3v) is 2.16. The number of carbonyl (C=O) groups is 2. The Morgan fingerprint density at radius 2 is 2.00 bits per heavy atom. The van der Waals surface area contributed by atoms with E-state index < -0.39 is 29.4 Å². The number of carbonyl (C=O) groups excluding carboxylic acids is 1. The molecule has 0 aliphatic heterocycles. The lowest BCUT2D eigenvalue weighted by molar-refractivity contribution is -0.145. The summed E-state index contributed by atoms with van der Waals surface area (Å²) in [4.78, 5) is 22.5. The zero-order valence-electron chi connectivity index (χ0n) is 9.99. The van der Waals surface area contributed by atoms with Crippen LogP contribution in [0.25, 0.3) is 0 Å². The van der Waals surface area contributed by atoms with Crippen molar-refractivity contribution in [1.82, 2.24) is 5.32 Å². The highest BCUT2D eigenvalue weighted by Gasteiger charge is 2.33. The summed E-state index contributed by atoms with van der Waals surface area (Å²) < 4.78 is 0. The summed E-state index contributed by atoms with van der Waals surface area (Å²) in [6.07, 6.45) is 1.85. The van der Waals surface area contributed by atoms with Crippen LogP contribution in [0.15, 0.2) is 12.7 Å². The van der Waals surface area contributed by atoms with Crippen molar-refractivity contribution in [2.75, 3.05) is 0 Å². The SMILES string of the molecule is C=CCC(N)C(=O)N[C@H](C(=O)O)C(C)(C)C. The monoisotopic (exact) mass is 228 g/mol. The standard InChI is InChI=1S/C11H20N2O3/c1-5-6-7(12)9(14)13-8(10(15)16)11(2,3)4/h5,7-8H,1,6,12H2,2-4H3,(H,13,14)(H,15,16)/t7?,8-/m1/s1. The number of nitrogens with two attached hydrogens (primary N) is 1. The summed E-state index contributed by atoms with van der Waals surface area (Å²) in [6, 6.07) is -1.70. The van der Waals surface area contributed by atoms with Gasteiger partial charge < -0.3 is 16.2 Å². The van der Waals surface area contributed by atoms with Gasteiger partial charge in [-0.3, -0.25) is 4.79 Å². The largest absolute Gasteiger partial charge is 0.480 e. The second-order valence-corrected chi connectivity index (χ2v) is 4.78. The number of hydrogen-bond acceptors (Lipinski definition) is 3. The van der Waals surface area contributed by atoms with Crippen molar-refractivity contribution >= 4 is 11.9 Å². The number of carboxylic acid groups (broad SMARTS) is 1. The number of rotatable bonds is 5. The van der Waals surface area contributed by atoms with E-state index in [1.807, 2.05) is 0 Å². The number of nitrogens with one attached hydrogen (secondary N) is 1. The van der Waals surface area contributed by atoms with E-state index in [1.54, 1.807) is 20.8 Å². The van der Waals surface area contributed by atoms with Gasteiger partial charge in [-0.1, -0.05) is 26.8 Å². The second kappa shape index (κ2) is 5.65. The van der Waals surface area contributed by atoms with Gasteiger partial charge in [0.05, 0.1) is 6.04 Å². The number of amides is 1. The Morgan fingerprint density at radius 1 is 1.50 bits per heavy atom. The highest BCUT2D eigenvalue weighted by atomic mass is 16.4. The molecule has 5 heteroatoms. The van der Waals surface area contributed by atoms with Crippen LogP contribution in [0.4, 0.5) is 0 Å². The quantitative estimate of drug-likeness (QED) is 0.598. The highest BCUT2D eigenvalue weighted by molar-refractivity contribution is 5.87. The van der Waals surface area contributed by atoms with Gasteiger partial charge in [-0.25, -0.2) is 4.79 Å². The Hall–Kier alpha value is -1.36. The third kappa shape index (κ3) is 4.44. The van der Waals surface area contributed by atoms with Gasteiger partial charge in [0.1, 0.15) is 6.04 Å². The van der Waals surface area contributed by atoms with Crippen molar-refractivity contribution in [2.45, 2.75) is 39.3 Å². The highest BCUT2D eigenvalue weighted by Crippen LogP contribution is 2.19. The van der Waals surface area contributed by atoms with E-state index in [0.717, 1.165) is 0 Å². The average Bonchev–Trinajstić information content (AvgIpc) is 2.11. The number of aliphatic carboxylic acids is 1. The smallest absolute Gasteiger partial charge is 0.326 e. The van der Waals surface area contributed by atoms with E-state index in [1.165, 1.54) is 6.08 Å². The molecule has 0 bridgehead atoms. The van der Waals surface area contributed by atoms with Gasteiger partial charge in [0, 0.05) is 0 Å². The van der Waals surface area contributed by atoms with Gasteiger partial charge in [0.2, 0.25) is 5.91 Å². The lowest BCUT2D eigenvalue weighted by atomic mass is 9.86. The van der Waals surface area contributed by atoms with Gasteiger partial charge in [-0.15, -0.1) is 6.58 Å². The van der Waals surface area contributed by atoms with Gasteiger partial charge in [0.15, 0.2) is 0 Å². The lowest BCUT2D eigenvalue weighted by Gasteiger charge is -2.28. The molecular weight excluding hydrogens is 208 g/mol. The Kier molecular flexibility index (Phi) is 5.17. The molecule has 0 aromatic carbocycles. The summed E-state index contributed by atoms with van der Waals surface area (Å²) in [7, 11) is 0. The van der Waals surface area contributed by atoms with Crippen LogP contribution in [0.3, 0.4) is 0 Å². The summed E-state index contributed by atoms with van der Waals surface area (Å²) in [5.41, 5.74) is 4.98. The second-order valence-electron chi connectivity index (χ2n) is 4.78. The van der Waals surface area contributed by atoms with Crippen molar-refractivity contribution < 1.29 is 14.7 Å². The molecule has 0 rings (SSSR count). The third-order valence-electron chi connectivity index (χ3n) is 2.16. The molecule has 92 valence electrons. The molecule has 0 aromatic rings. The van der Waals surface area contributed by atoms with Crippen molar-refractivity contribution in [3.05, 3.63) is 12.7 Å². The van der Waals surface area contributed by atoms with Crippen molar-refractivity contribution in [3.63, 3.8) is 0 Å². The summed E-state index contributed by atoms with van der Waals surface area (Å²) in [5, 5.41) is 11.4.